The second kappa shape index (κ2) is 12.1. The van der Waals surface area contributed by atoms with Crippen molar-refractivity contribution in [3.63, 3.8) is 0 Å². The van der Waals surface area contributed by atoms with Crippen molar-refractivity contribution in [2.75, 3.05) is 0 Å². The Morgan fingerprint density at radius 2 is 1.29 bits per heavy atom. The molecule has 6 rings (SSSR count). The van der Waals surface area contributed by atoms with E-state index in [1.54, 1.807) is 12.1 Å². The van der Waals surface area contributed by atoms with Crippen molar-refractivity contribution in [3.05, 3.63) is 65.7 Å². The maximum atomic E-state index is 14.8. The Labute approximate surface area is 271 Å². The Balaban J connectivity index is 1.50. The lowest BCUT2D eigenvalue weighted by Crippen LogP contribution is -2.59. The summed E-state index contributed by atoms with van der Waals surface area (Å²) >= 11 is 0. The summed E-state index contributed by atoms with van der Waals surface area (Å²) in [6.45, 7) is 16.0. The quantitative estimate of drug-likeness (QED) is 0.240. The fourth-order valence-corrected chi connectivity index (χ4v) is 9.57. The van der Waals surface area contributed by atoms with Gasteiger partial charge >= 0.3 is 11.9 Å². The van der Waals surface area contributed by atoms with Gasteiger partial charge in [-0.2, -0.15) is 0 Å². The molecule has 4 bridgehead atoms. The molecule has 0 amide bonds. The predicted octanol–water partition coefficient (Wildman–Crippen LogP) is 9.72. The second-order valence-electron chi connectivity index (χ2n) is 16.3. The lowest BCUT2D eigenvalue weighted by Gasteiger charge is -2.62. The molecule has 4 saturated carbocycles. The van der Waals surface area contributed by atoms with Gasteiger partial charge in [0.25, 0.3) is 0 Å². The van der Waals surface area contributed by atoms with Crippen molar-refractivity contribution in [1.29, 1.82) is 0 Å². The Hall–Kier alpha value is -2.82. The highest BCUT2D eigenvalue weighted by molar-refractivity contribution is 5.88. The summed E-state index contributed by atoms with van der Waals surface area (Å²) < 4.78 is 13.2. The zero-order valence-corrected chi connectivity index (χ0v) is 28.9. The van der Waals surface area contributed by atoms with E-state index >= 15 is 0 Å². The third kappa shape index (κ3) is 6.05. The van der Waals surface area contributed by atoms with Gasteiger partial charge in [0.05, 0.1) is 10.8 Å². The van der Waals surface area contributed by atoms with Crippen LogP contribution in [0.25, 0.3) is 0 Å². The van der Waals surface area contributed by atoms with Crippen molar-refractivity contribution in [3.8, 4) is 5.75 Å². The smallest absolute Gasteiger partial charge is 0.313 e. The fraction of sp³-hybridized carbons (Fsp3) is 0.650. The standard InChI is InChI=1S/C40H56O5/c1-9-30(31-16-18-33(41)19-17-31)26-39(8,35(43)44-36(3,4)32-14-12-11-13-15-32)38(7,10-2)34(42)45-37(5,6)40-23-27-20-28(24-40)22-29(21-27)25-40/h11-19,27-30,41H,9-10,20-26H2,1-8H3. The van der Waals surface area contributed by atoms with Crippen molar-refractivity contribution in [2.24, 2.45) is 34.0 Å². The summed E-state index contributed by atoms with van der Waals surface area (Å²) in [5, 5.41) is 9.97. The van der Waals surface area contributed by atoms with Gasteiger partial charge in [0.2, 0.25) is 0 Å². The summed E-state index contributed by atoms with van der Waals surface area (Å²) in [7, 11) is 0. The van der Waals surface area contributed by atoms with Crippen LogP contribution in [0.4, 0.5) is 0 Å². The number of phenolic OH excluding ortho intramolecular Hbond substituents is 1. The van der Waals surface area contributed by atoms with E-state index in [1.807, 2.05) is 77.1 Å². The first kappa shape index (κ1) is 33.5. The van der Waals surface area contributed by atoms with Crippen LogP contribution in [0.3, 0.4) is 0 Å². The Morgan fingerprint density at radius 1 is 0.778 bits per heavy atom. The number of esters is 2. The van der Waals surface area contributed by atoms with Gasteiger partial charge in [-0.05, 0) is 146 Å². The molecule has 2 aromatic carbocycles. The van der Waals surface area contributed by atoms with Crippen LogP contribution in [0.5, 0.6) is 5.75 Å². The molecule has 2 aromatic rings. The van der Waals surface area contributed by atoms with E-state index in [0.717, 1.165) is 54.6 Å². The molecule has 45 heavy (non-hydrogen) atoms. The van der Waals surface area contributed by atoms with Gasteiger partial charge in [-0.25, -0.2) is 0 Å². The number of rotatable bonds is 12. The van der Waals surface area contributed by atoms with Crippen LogP contribution in [0.2, 0.25) is 0 Å². The zero-order chi connectivity index (χ0) is 32.8. The van der Waals surface area contributed by atoms with E-state index in [2.05, 4.69) is 20.8 Å². The normalized spacial score (nSPS) is 27.7. The number of hydrogen-bond acceptors (Lipinski definition) is 5. The number of hydrogen-bond donors (Lipinski definition) is 1. The van der Waals surface area contributed by atoms with Crippen LogP contribution in [0, 0.1) is 34.0 Å². The van der Waals surface area contributed by atoms with Gasteiger partial charge in [-0.1, -0.05) is 56.3 Å². The van der Waals surface area contributed by atoms with Gasteiger partial charge in [0.1, 0.15) is 17.0 Å². The Bertz CT molecular complexity index is 1320. The molecule has 3 atom stereocenters. The van der Waals surface area contributed by atoms with E-state index < -0.39 is 22.0 Å². The van der Waals surface area contributed by atoms with E-state index in [4.69, 9.17) is 9.47 Å². The summed E-state index contributed by atoms with van der Waals surface area (Å²) in [6.07, 6.45) is 8.99. The topological polar surface area (TPSA) is 72.8 Å². The molecule has 5 heteroatoms. The first-order chi connectivity index (χ1) is 21.1. The molecular weight excluding hydrogens is 560 g/mol. The number of phenols is 1. The molecule has 5 nitrogen and oxygen atoms in total. The van der Waals surface area contributed by atoms with Crippen molar-refractivity contribution < 1.29 is 24.2 Å². The highest BCUT2D eigenvalue weighted by Crippen LogP contribution is 2.65. The SMILES string of the molecule is CCC(CC(C)(C(=O)OC(C)(C)c1ccccc1)C(C)(CC)C(=O)OC(C)(C)C12CC3CC(CC(C3)C1)C2)c1ccc(O)cc1. The van der Waals surface area contributed by atoms with Gasteiger partial charge in [0.15, 0.2) is 0 Å². The largest absolute Gasteiger partial charge is 0.508 e. The van der Waals surface area contributed by atoms with Crippen LogP contribution in [-0.4, -0.2) is 22.6 Å². The van der Waals surface area contributed by atoms with Crippen molar-refractivity contribution in [2.45, 2.75) is 130 Å². The monoisotopic (exact) mass is 616 g/mol. The highest BCUT2D eigenvalue weighted by Gasteiger charge is 2.62. The molecule has 4 aliphatic rings. The van der Waals surface area contributed by atoms with Crippen LogP contribution >= 0.6 is 0 Å². The first-order valence-corrected chi connectivity index (χ1v) is 17.4. The number of carbonyl (C=O) groups is 2. The van der Waals surface area contributed by atoms with E-state index in [0.29, 0.717) is 12.8 Å². The molecule has 0 saturated heterocycles. The number of carbonyl (C=O) groups excluding carboxylic acids is 2. The molecule has 0 aliphatic heterocycles. The van der Waals surface area contributed by atoms with Crippen LogP contribution in [0.15, 0.2) is 54.6 Å². The minimum atomic E-state index is -1.19. The molecule has 0 heterocycles. The second-order valence-corrected chi connectivity index (χ2v) is 16.3. The molecule has 246 valence electrons. The number of aromatic hydroxyl groups is 1. The Morgan fingerprint density at radius 3 is 1.78 bits per heavy atom. The minimum absolute atomic E-state index is 0.00370. The molecule has 4 aliphatic carbocycles. The molecule has 0 spiro atoms. The highest BCUT2D eigenvalue weighted by atomic mass is 16.6. The fourth-order valence-electron chi connectivity index (χ4n) is 9.57. The van der Waals surface area contributed by atoms with E-state index in [-0.39, 0.29) is 29.0 Å². The molecular formula is C40H56O5. The minimum Gasteiger partial charge on any atom is -0.508 e. The van der Waals surface area contributed by atoms with Crippen LogP contribution in [0.1, 0.15) is 130 Å². The molecule has 3 unspecified atom stereocenters. The summed E-state index contributed by atoms with van der Waals surface area (Å²) in [4.78, 5) is 29.5. The zero-order valence-electron chi connectivity index (χ0n) is 28.9. The average molecular weight is 617 g/mol. The molecule has 4 fully saturated rings. The maximum absolute atomic E-state index is 14.8. The third-order valence-electron chi connectivity index (χ3n) is 12.8. The first-order valence-electron chi connectivity index (χ1n) is 17.4. The Kier molecular flexibility index (Phi) is 9.01. The summed E-state index contributed by atoms with van der Waals surface area (Å²) in [5.74, 6) is 1.70. The maximum Gasteiger partial charge on any atom is 0.313 e. The number of benzene rings is 2. The number of ether oxygens (including phenoxy) is 2. The molecule has 0 aromatic heterocycles. The van der Waals surface area contributed by atoms with Gasteiger partial charge in [-0.3, -0.25) is 9.59 Å². The van der Waals surface area contributed by atoms with E-state index in [9.17, 15) is 14.7 Å². The average Bonchev–Trinajstić information content (AvgIpc) is 2.99. The van der Waals surface area contributed by atoms with E-state index in [1.165, 1.54) is 19.3 Å². The molecule has 0 radical (unpaired) electrons. The van der Waals surface area contributed by atoms with Crippen molar-refractivity contribution in [1.82, 2.24) is 0 Å². The van der Waals surface area contributed by atoms with Gasteiger partial charge in [-0.15, -0.1) is 0 Å². The van der Waals surface area contributed by atoms with Gasteiger partial charge < -0.3 is 14.6 Å². The van der Waals surface area contributed by atoms with Crippen LogP contribution in [-0.2, 0) is 24.7 Å². The lowest BCUT2D eigenvalue weighted by atomic mass is 9.46. The lowest BCUT2D eigenvalue weighted by molar-refractivity contribution is -0.217. The predicted molar refractivity (Wildman–Crippen MR) is 179 cm³/mol. The third-order valence-corrected chi connectivity index (χ3v) is 12.8. The van der Waals surface area contributed by atoms with Crippen LogP contribution < -0.4 is 0 Å². The van der Waals surface area contributed by atoms with Gasteiger partial charge in [0, 0.05) is 5.41 Å². The summed E-state index contributed by atoms with van der Waals surface area (Å²) in [6, 6.07) is 17.0. The summed E-state index contributed by atoms with van der Waals surface area (Å²) in [5.41, 5.74) is -1.94. The van der Waals surface area contributed by atoms with Crippen molar-refractivity contribution >= 4 is 11.9 Å². The molecule has 1 N–H and O–H groups in total.